The van der Waals surface area contributed by atoms with Gasteiger partial charge in [-0.2, -0.15) is 0 Å². The summed E-state index contributed by atoms with van der Waals surface area (Å²) in [5.74, 6) is 1.39. The SMILES string of the molecule is CC(C)CCS(=O)(=O)NCCC1CCNCC1. The largest absolute Gasteiger partial charge is 0.317 e. The zero-order valence-electron chi connectivity index (χ0n) is 11.0. The van der Waals surface area contributed by atoms with E-state index in [2.05, 4.69) is 10.0 Å². The highest BCUT2D eigenvalue weighted by Crippen LogP contribution is 2.15. The van der Waals surface area contributed by atoms with Gasteiger partial charge in [-0.25, -0.2) is 13.1 Å². The van der Waals surface area contributed by atoms with Gasteiger partial charge in [0.15, 0.2) is 0 Å². The minimum absolute atomic E-state index is 0.261. The Morgan fingerprint density at radius 3 is 2.53 bits per heavy atom. The third kappa shape index (κ3) is 7.01. The van der Waals surface area contributed by atoms with Gasteiger partial charge in [0.1, 0.15) is 0 Å². The van der Waals surface area contributed by atoms with Crippen LogP contribution >= 0.6 is 0 Å². The van der Waals surface area contributed by atoms with Gasteiger partial charge in [0.05, 0.1) is 5.75 Å². The Morgan fingerprint density at radius 2 is 1.94 bits per heavy atom. The molecule has 0 aliphatic carbocycles. The van der Waals surface area contributed by atoms with Gasteiger partial charge < -0.3 is 5.32 Å². The lowest BCUT2D eigenvalue weighted by Gasteiger charge is -2.22. The van der Waals surface area contributed by atoms with Crippen LogP contribution in [0.5, 0.6) is 0 Å². The van der Waals surface area contributed by atoms with Gasteiger partial charge in [0, 0.05) is 6.54 Å². The average Bonchev–Trinajstić information content (AvgIpc) is 2.28. The van der Waals surface area contributed by atoms with Crippen LogP contribution in [-0.2, 0) is 10.0 Å². The van der Waals surface area contributed by atoms with E-state index in [1.54, 1.807) is 0 Å². The van der Waals surface area contributed by atoms with Crippen LogP contribution in [0, 0.1) is 11.8 Å². The summed E-state index contributed by atoms with van der Waals surface area (Å²) in [7, 11) is -3.04. The van der Waals surface area contributed by atoms with E-state index in [9.17, 15) is 8.42 Å². The number of piperidine rings is 1. The van der Waals surface area contributed by atoms with Gasteiger partial charge >= 0.3 is 0 Å². The summed E-state index contributed by atoms with van der Waals surface area (Å²) in [6.07, 6.45) is 4.06. The zero-order valence-corrected chi connectivity index (χ0v) is 11.9. The van der Waals surface area contributed by atoms with Crippen LogP contribution < -0.4 is 10.0 Å². The summed E-state index contributed by atoms with van der Waals surface area (Å²) in [5.41, 5.74) is 0. The maximum absolute atomic E-state index is 11.7. The normalized spacial score (nSPS) is 18.8. The molecule has 1 aliphatic rings. The van der Waals surface area contributed by atoms with Crippen molar-refractivity contribution in [2.45, 2.75) is 39.5 Å². The first-order valence-electron chi connectivity index (χ1n) is 6.67. The smallest absolute Gasteiger partial charge is 0.211 e. The average molecular weight is 262 g/mol. The molecule has 0 unspecified atom stereocenters. The van der Waals surface area contributed by atoms with Crippen LogP contribution in [0.1, 0.15) is 39.5 Å². The molecule has 0 aromatic rings. The molecular formula is C12H26N2O2S. The van der Waals surface area contributed by atoms with Crippen molar-refractivity contribution in [1.29, 1.82) is 0 Å². The van der Waals surface area contributed by atoms with E-state index < -0.39 is 10.0 Å². The van der Waals surface area contributed by atoms with E-state index in [0.717, 1.165) is 25.9 Å². The number of sulfonamides is 1. The Balaban J connectivity index is 2.15. The maximum atomic E-state index is 11.7. The summed E-state index contributed by atoms with van der Waals surface area (Å²) in [6.45, 7) is 6.84. The van der Waals surface area contributed by atoms with Crippen LogP contribution in [0.15, 0.2) is 0 Å². The van der Waals surface area contributed by atoms with E-state index in [0.29, 0.717) is 18.4 Å². The molecule has 0 saturated carbocycles. The molecule has 1 rings (SSSR count). The summed E-state index contributed by atoms with van der Waals surface area (Å²) < 4.78 is 26.0. The van der Waals surface area contributed by atoms with Crippen molar-refractivity contribution in [1.82, 2.24) is 10.0 Å². The van der Waals surface area contributed by atoms with Crippen LogP contribution in [0.25, 0.3) is 0 Å². The molecule has 0 aromatic heterocycles. The third-order valence-electron chi connectivity index (χ3n) is 3.30. The maximum Gasteiger partial charge on any atom is 0.211 e. The molecule has 0 aromatic carbocycles. The first-order chi connectivity index (χ1) is 7.99. The van der Waals surface area contributed by atoms with Crippen LogP contribution in [-0.4, -0.2) is 33.8 Å². The minimum atomic E-state index is -3.04. The molecule has 1 saturated heterocycles. The lowest BCUT2D eigenvalue weighted by molar-refractivity contribution is 0.354. The molecule has 1 heterocycles. The number of nitrogens with one attached hydrogen (secondary N) is 2. The molecule has 0 spiro atoms. The standard InChI is InChI=1S/C12H26N2O2S/c1-11(2)6-10-17(15,16)14-9-5-12-3-7-13-8-4-12/h11-14H,3-10H2,1-2H3. The predicted octanol–water partition coefficient (Wildman–Crippen LogP) is 1.34. The van der Waals surface area contributed by atoms with Gasteiger partial charge in [-0.3, -0.25) is 0 Å². The molecule has 0 bridgehead atoms. The minimum Gasteiger partial charge on any atom is -0.317 e. The van der Waals surface area contributed by atoms with Gasteiger partial charge in [0.25, 0.3) is 0 Å². The van der Waals surface area contributed by atoms with E-state index in [1.807, 2.05) is 13.8 Å². The number of rotatable bonds is 7. The first-order valence-corrected chi connectivity index (χ1v) is 8.33. The molecule has 0 amide bonds. The second kappa shape index (κ2) is 7.34. The third-order valence-corrected chi connectivity index (χ3v) is 4.71. The predicted molar refractivity (Wildman–Crippen MR) is 71.5 cm³/mol. The number of hydrogen-bond donors (Lipinski definition) is 2. The van der Waals surface area contributed by atoms with Crippen molar-refractivity contribution in [3.63, 3.8) is 0 Å². The zero-order chi connectivity index (χ0) is 12.7. The Labute approximate surface area is 106 Å². The summed E-state index contributed by atoms with van der Waals surface area (Å²) in [5, 5.41) is 3.32. The fourth-order valence-corrected chi connectivity index (χ4v) is 3.41. The highest BCUT2D eigenvalue weighted by molar-refractivity contribution is 7.89. The van der Waals surface area contributed by atoms with Gasteiger partial charge in [-0.05, 0) is 50.6 Å². The number of hydrogen-bond acceptors (Lipinski definition) is 3. The molecular weight excluding hydrogens is 236 g/mol. The Hall–Kier alpha value is -0.130. The molecule has 5 heteroatoms. The van der Waals surface area contributed by atoms with Crippen LogP contribution in [0.4, 0.5) is 0 Å². The molecule has 1 aliphatic heterocycles. The Morgan fingerprint density at radius 1 is 1.29 bits per heavy atom. The highest BCUT2D eigenvalue weighted by atomic mass is 32.2. The quantitative estimate of drug-likeness (QED) is 0.728. The van der Waals surface area contributed by atoms with Crippen LogP contribution in [0.2, 0.25) is 0 Å². The molecule has 0 radical (unpaired) electrons. The molecule has 102 valence electrons. The van der Waals surface area contributed by atoms with Crippen molar-refractivity contribution in [3.8, 4) is 0 Å². The van der Waals surface area contributed by atoms with Crippen molar-refractivity contribution in [2.24, 2.45) is 11.8 Å². The fraction of sp³-hybridized carbons (Fsp3) is 1.00. The second-order valence-electron chi connectivity index (χ2n) is 5.38. The summed E-state index contributed by atoms with van der Waals surface area (Å²) in [6, 6.07) is 0. The Kier molecular flexibility index (Phi) is 6.44. The van der Waals surface area contributed by atoms with Crippen molar-refractivity contribution >= 4 is 10.0 Å². The van der Waals surface area contributed by atoms with E-state index >= 15 is 0 Å². The van der Waals surface area contributed by atoms with Gasteiger partial charge in [-0.15, -0.1) is 0 Å². The lowest BCUT2D eigenvalue weighted by Crippen LogP contribution is -2.32. The molecule has 0 atom stereocenters. The molecule has 1 fully saturated rings. The monoisotopic (exact) mass is 262 g/mol. The van der Waals surface area contributed by atoms with E-state index in [1.165, 1.54) is 12.8 Å². The molecule has 2 N–H and O–H groups in total. The first kappa shape index (κ1) is 14.9. The molecule has 17 heavy (non-hydrogen) atoms. The Bertz CT molecular complexity index is 296. The summed E-state index contributed by atoms with van der Waals surface area (Å²) in [4.78, 5) is 0. The highest BCUT2D eigenvalue weighted by Gasteiger charge is 2.15. The topological polar surface area (TPSA) is 58.2 Å². The second-order valence-corrected chi connectivity index (χ2v) is 7.30. The van der Waals surface area contributed by atoms with Gasteiger partial charge in [-0.1, -0.05) is 13.8 Å². The van der Waals surface area contributed by atoms with Crippen molar-refractivity contribution in [3.05, 3.63) is 0 Å². The van der Waals surface area contributed by atoms with Crippen LogP contribution in [0.3, 0.4) is 0 Å². The van der Waals surface area contributed by atoms with Crippen molar-refractivity contribution in [2.75, 3.05) is 25.4 Å². The van der Waals surface area contributed by atoms with E-state index in [-0.39, 0.29) is 5.75 Å². The lowest BCUT2D eigenvalue weighted by atomic mass is 9.95. The van der Waals surface area contributed by atoms with E-state index in [4.69, 9.17) is 0 Å². The molecule has 4 nitrogen and oxygen atoms in total. The summed E-state index contributed by atoms with van der Waals surface area (Å²) >= 11 is 0. The fourth-order valence-electron chi connectivity index (χ4n) is 2.05. The van der Waals surface area contributed by atoms with Gasteiger partial charge in [0.2, 0.25) is 10.0 Å². The van der Waals surface area contributed by atoms with Crippen molar-refractivity contribution < 1.29 is 8.42 Å².